The lowest BCUT2D eigenvalue weighted by Gasteiger charge is -2.08. The molecule has 0 atom stereocenters. The number of aromatic nitrogens is 1. The zero-order chi connectivity index (χ0) is 25.3. The largest absolute Gasteiger partial charge is 0.509 e. The van der Waals surface area contributed by atoms with Crippen molar-refractivity contribution in [2.24, 2.45) is 5.18 Å². The predicted octanol–water partition coefficient (Wildman–Crippen LogP) is 5.99. The molecule has 1 amide bonds. The molecule has 0 radical (unpaired) electrons. The molecule has 0 aliphatic heterocycles. The molecule has 2 N–H and O–H groups in total. The monoisotopic (exact) mass is 483 g/mol. The summed E-state index contributed by atoms with van der Waals surface area (Å²) in [4.78, 5) is 28.1. The lowest BCUT2D eigenvalue weighted by Crippen LogP contribution is -2.15. The number of ether oxygens (including phenoxy) is 1. The van der Waals surface area contributed by atoms with Gasteiger partial charge in [-0.3, -0.25) is 4.79 Å². The van der Waals surface area contributed by atoms with Crippen LogP contribution in [-0.2, 0) is 17.6 Å². The number of carbonyl (C=O) groups is 1. The van der Waals surface area contributed by atoms with Crippen molar-refractivity contribution in [2.75, 3.05) is 11.9 Å². The minimum atomic E-state index is -0.771. The van der Waals surface area contributed by atoms with Crippen LogP contribution in [0.2, 0.25) is 0 Å². The van der Waals surface area contributed by atoms with Gasteiger partial charge in [-0.25, -0.2) is 4.98 Å². The fourth-order valence-corrected chi connectivity index (χ4v) is 3.55. The second kappa shape index (κ2) is 11.6. The Labute approximate surface area is 208 Å². The lowest BCUT2D eigenvalue weighted by molar-refractivity contribution is -0.113. The van der Waals surface area contributed by atoms with Crippen molar-refractivity contribution in [1.82, 2.24) is 4.98 Å². The van der Waals surface area contributed by atoms with E-state index in [1.807, 2.05) is 37.3 Å². The molecule has 0 saturated heterocycles. The van der Waals surface area contributed by atoms with Gasteiger partial charge < -0.3 is 19.6 Å². The first-order valence-electron chi connectivity index (χ1n) is 11.4. The SMILES string of the molecule is Cc1oc(-c2ccccc2)nc1CCOc1ccc(CC(O)=C(N=O)C(=O)Nc2ccccc2)cc1. The molecule has 36 heavy (non-hydrogen) atoms. The molecule has 8 heteroatoms. The Bertz CT molecular complexity index is 1350. The summed E-state index contributed by atoms with van der Waals surface area (Å²) in [5.74, 6) is 0.796. The van der Waals surface area contributed by atoms with Crippen LogP contribution in [0.1, 0.15) is 17.0 Å². The number of carbonyl (C=O) groups excluding carboxylic acids is 1. The molecule has 8 nitrogen and oxygen atoms in total. The summed E-state index contributed by atoms with van der Waals surface area (Å²) in [6, 6.07) is 25.3. The number of aliphatic hydroxyl groups excluding tert-OH is 1. The highest BCUT2D eigenvalue weighted by molar-refractivity contribution is 6.03. The normalized spacial score (nSPS) is 11.5. The quantitative estimate of drug-likeness (QED) is 0.163. The van der Waals surface area contributed by atoms with Gasteiger partial charge in [0, 0.05) is 24.1 Å². The Morgan fingerprint density at radius 2 is 1.67 bits per heavy atom. The van der Waals surface area contributed by atoms with Crippen LogP contribution in [-0.4, -0.2) is 22.6 Å². The van der Waals surface area contributed by atoms with Gasteiger partial charge in [-0.1, -0.05) is 48.5 Å². The van der Waals surface area contributed by atoms with E-state index in [4.69, 9.17) is 9.15 Å². The smallest absolute Gasteiger partial charge is 0.281 e. The van der Waals surface area contributed by atoms with E-state index in [0.29, 0.717) is 35.9 Å². The van der Waals surface area contributed by atoms with Gasteiger partial charge in [-0.15, -0.1) is 4.91 Å². The number of aliphatic hydroxyl groups is 1. The Morgan fingerprint density at radius 3 is 2.33 bits per heavy atom. The first-order valence-corrected chi connectivity index (χ1v) is 11.4. The van der Waals surface area contributed by atoms with Gasteiger partial charge in [0.15, 0.2) is 0 Å². The Balaban J connectivity index is 1.32. The molecule has 0 unspecified atom stereocenters. The van der Waals surface area contributed by atoms with Crippen LogP contribution in [0, 0.1) is 11.8 Å². The van der Waals surface area contributed by atoms with Gasteiger partial charge >= 0.3 is 0 Å². The van der Waals surface area contributed by atoms with Crippen molar-refractivity contribution in [3.63, 3.8) is 0 Å². The summed E-state index contributed by atoms with van der Waals surface area (Å²) in [5.41, 5.74) is 2.38. The highest BCUT2D eigenvalue weighted by Gasteiger charge is 2.17. The van der Waals surface area contributed by atoms with Crippen LogP contribution in [0.4, 0.5) is 5.69 Å². The van der Waals surface area contributed by atoms with Crippen molar-refractivity contribution in [3.05, 3.63) is 118 Å². The number of hydrogen-bond acceptors (Lipinski definition) is 7. The van der Waals surface area contributed by atoms with Gasteiger partial charge in [-0.2, -0.15) is 0 Å². The number of allylic oxidation sites excluding steroid dienone is 1. The van der Waals surface area contributed by atoms with Crippen molar-refractivity contribution in [3.8, 4) is 17.2 Å². The molecule has 3 aromatic carbocycles. The van der Waals surface area contributed by atoms with Crippen molar-refractivity contribution in [2.45, 2.75) is 19.8 Å². The lowest BCUT2D eigenvalue weighted by atomic mass is 10.1. The van der Waals surface area contributed by atoms with Gasteiger partial charge in [0.25, 0.3) is 5.91 Å². The Morgan fingerprint density at radius 1 is 1.00 bits per heavy atom. The molecule has 0 fully saturated rings. The molecule has 0 aliphatic carbocycles. The van der Waals surface area contributed by atoms with E-state index < -0.39 is 17.4 Å². The summed E-state index contributed by atoms with van der Waals surface area (Å²) in [6.45, 7) is 2.29. The van der Waals surface area contributed by atoms with Crippen LogP contribution < -0.4 is 10.1 Å². The number of anilines is 1. The number of rotatable bonds is 10. The van der Waals surface area contributed by atoms with Crippen LogP contribution in [0.3, 0.4) is 0 Å². The van der Waals surface area contributed by atoms with E-state index in [1.165, 1.54) is 0 Å². The number of hydrogen-bond donors (Lipinski definition) is 2. The number of nitroso groups, excluding NO2 is 1. The third-order valence-corrected chi connectivity index (χ3v) is 5.43. The standard InChI is InChI=1S/C28H25N3O5/c1-19-24(30-28(36-19)21-8-4-2-5-9-21)16-17-35-23-14-12-20(13-15-23)18-25(32)26(31-34)27(33)29-22-10-6-3-7-11-22/h2-15,32H,16-18H2,1H3,(H,29,33). The zero-order valence-corrected chi connectivity index (χ0v) is 19.7. The summed E-state index contributed by atoms with van der Waals surface area (Å²) in [5, 5.41) is 15.6. The molecule has 0 saturated carbocycles. The van der Waals surface area contributed by atoms with E-state index in [9.17, 15) is 14.8 Å². The van der Waals surface area contributed by atoms with Crippen LogP contribution in [0.5, 0.6) is 5.75 Å². The number of benzene rings is 3. The first kappa shape index (κ1) is 24.4. The summed E-state index contributed by atoms with van der Waals surface area (Å²) >= 11 is 0. The number of aryl methyl sites for hydroxylation is 1. The molecule has 0 spiro atoms. The van der Waals surface area contributed by atoms with Gasteiger partial charge in [0.2, 0.25) is 11.6 Å². The highest BCUT2D eigenvalue weighted by Crippen LogP contribution is 2.22. The van der Waals surface area contributed by atoms with Crippen molar-refractivity contribution < 1.29 is 19.1 Å². The number of nitrogens with one attached hydrogen (secondary N) is 1. The minimum absolute atomic E-state index is 0.0238. The number of para-hydroxylation sites is 1. The second-order valence-corrected chi connectivity index (χ2v) is 8.01. The van der Waals surface area contributed by atoms with E-state index in [0.717, 1.165) is 17.0 Å². The van der Waals surface area contributed by atoms with Crippen molar-refractivity contribution >= 4 is 11.6 Å². The number of oxazole rings is 1. The molecule has 0 aliphatic rings. The van der Waals surface area contributed by atoms with Crippen LogP contribution in [0.25, 0.3) is 11.5 Å². The Kier molecular flexibility index (Phi) is 7.87. The summed E-state index contributed by atoms with van der Waals surface area (Å²) < 4.78 is 11.6. The maximum atomic E-state index is 12.3. The number of nitrogens with zero attached hydrogens (tertiary/aromatic N) is 2. The predicted molar refractivity (Wildman–Crippen MR) is 137 cm³/mol. The van der Waals surface area contributed by atoms with Crippen LogP contribution in [0.15, 0.2) is 106 Å². The topological polar surface area (TPSA) is 114 Å². The minimum Gasteiger partial charge on any atom is -0.509 e. The fraction of sp³-hybridized carbons (Fsp3) is 0.143. The summed E-state index contributed by atoms with van der Waals surface area (Å²) in [7, 11) is 0. The molecular formula is C28H25N3O5. The molecular weight excluding hydrogens is 458 g/mol. The van der Waals surface area contributed by atoms with Gasteiger partial charge in [-0.05, 0) is 54.1 Å². The third kappa shape index (κ3) is 6.24. The molecule has 4 aromatic rings. The average molecular weight is 484 g/mol. The van der Waals surface area contributed by atoms with Crippen LogP contribution >= 0.6 is 0 Å². The van der Waals surface area contributed by atoms with E-state index in [1.54, 1.807) is 54.6 Å². The first-order chi connectivity index (χ1) is 17.5. The maximum absolute atomic E-state index is 12.3. The van der Waals surface area contributed by atoms with Crippen molar-refractivity contribution in [1.29, 1.82) is 0 Å². The summed E-state index contributed by atoms with van der Waals surface area (Å²) in [6.07, 6.45) is 0.558. The third-order valence-electron chi connectivity index (χ3n) is 5.43. The molecule has 0 bridgehead atoms. The zero-order valence-electron chi connectivity index (χ0n) is 19.7. The molecule has 4 rings (SSSR count). The maximum Gasteiger partial charge on any atom is 0.281 e. The Hall–Kier alpha value is -4.72. The average Bonchev–Trinajstić information content (AvgIpc) is 3.27. The van der Waals surface area contributed by atoms with E-state index in [-0.39, 0.29) is 6.42 Å². The molecule has 1 aromatic heterocycles. The van der Waals surface area contributed by atoms with Gasteiger partial charge in [0.05, 0.1) is 12.3 Å². The second-order valence-electron chi connectivity index (χ2n) is 8.01. The van der Waals surface area contributed by atoms with Gasteiger partial charge in [0.1, 0.15) is 17.3 Å². The van der Waals surface area contributed by atoms with E-state index in [2.05, 4.69) is 15.5 Å². The molecule has 182 valence electrons. The fourth-order valence-electron chi connectivity index (χ4n) is 3.55. The highest BCUT2D eigenvalue weighted by atomic mass is 16.5. The number of amides is 1. The van der Waals surface area contributed by atoms with E-state index >= 15 is 0 Å². The molecule has 1 heterocycles.